The largest absolute Gasteiger partial charge is 0.341 e. The maximum Gasteiger partial charge on any atom is 0.103 e. The summed E-state index contributed by atoms with van der Waals surface area (Å²) >= 11 is 0. The van der Waals surface area contributed by atoms with Crippen molar-refractivity contribution in [2.24, 2.45) is 0 Å². The molecular weight excluding hydrogens is 292 g/mol. The van der Waals surface area contributed by atoms with E-state index in [1.165, 1.54) is 56.4 Å². The summed E-state index contributed by atoms with van der Waals surface area (Å²) in [6.07, 6.45) is 5.20. The normalized spacial score (nSPS) is 22.2. The summed E-state index contributed by atoms with van der Waals surface area (Å²) in [4.78, 5) is 1.75. The number of quaternary nitrogens is 2. The SMILES string of the molecule is C[C@H](CCc1ccccc1)[NH2+]C1CC[NH+](Cc2ccccc2)CC1. The van der Waals surface area contributed by atoms with Crippen LogP contribution in [0.25, 0.3) is 0 Å². The van der Waals surface area contributed by atoms with Crippen molar-refractivity contribution in [1.82, 2.24) is 0 Å². The summed E-state index contributed by atoms with van der Waals surface area (Å²) < 4.78 is 0. The molecule has 0 saturated carbocycles. The first-order valence-electron chi connectivity index (χ1n) is 9.56. The predicted molar refractivity (Wildman–Crippen MR) is 100 cm³/mol. The minimum atomic E-state index is 0.728. The van der Waals surface area contributed by atoms with Crippen LogP contribution in [0.5, 0.6) is 0 Å². The van der Waals surface area contributed by atoms with Gasteiger partial charge in [0.1, 0.15) is 6.54 Å². The van der Waals surface area contributed by atoms with Gasteiger partial charge in [-0.2, -0.15) is 0 Å². The molecule has 24 heavy (non-hydrogen) atoms. The van der Waals surface area contributed by atoms with Crippen LogP contribution < -0.4 is 10.2 Å². The topological polar surface area (TPSA) is 21.1 Å². The number of likely N-dealkylation sites (tertiary alicyclic amines) is 1. The number of benzene rings is 2. The molecule has 1 aliphatic rings. The summed E-state index contributed by atoms with van der Waals surface area (Å²) in [5, 5.41) is 2.64. The maximum absolute atomic E-state index is 2.64. The summed E-state index contributed by atoms with van der Waals surface area (Å²) in [5.41, 5.74) is 2.95. The van der Waals surface area contributed by atoms with Crippen molar-refractivity contribution < 1.29 is 10.2 Å². The fourth-order valence-corrected chi connectivity index (χ4v) is 3.90. The van der Waals surface area contributed by atoms with Gasteiger partial charge in [0.25, 0.3) is 0 Å². The molecule has 2 nitrogen and oxygen atoms in total. The van der Waals surface area contributed by atoms with E-state index in [1.54, 1.807) is 4.90 Å². The summed E-state index contributed by atoms with van der Waals surface area (Å²) in [6.45, 7) is 6.23. The van der Waals surface area contributed by atoms with Gasteiger partial charge in [0.05, 0.1) is 25.2 Å². The molecule has 0 spiro atoms. The molecule has 2 aromatic carbocycles. The molecule has 2 heteroatoms. The summed E-state index contributed by atoms with van der Waals surface area (Å²) in [5.74, 6) is 0. The van der Waals surface area contributed by atoms with Crippen LogP contribution in [0.4, 0.5) is 0 Å². The third-order valence-corrected chi connectivity index (χ3v) is 5.37. The maximum atomic E-state index is 2.64. The van der Waals surface area contributed by atoms with Gasteiger partial charge in [-0.1, -0.05) is 60.7 Å². The van der Waals surface area contributed by atoms with E-state index in [4.69, 9.17) is 0 Å². The first kappa shape index (κ1) is 17.2. The Morgan fingerprint density at radius 2 is 1.50 bits per heavy atom. The Kier molecular flexibility index (Phi) is 6.45. The number of hydrogen-bond donors (Lipinski definition) is 2. The van der Waals surface area contributed by atoms with Gasteiger partial charge in [-0.15, -0.1) is 0 Å². The average molecular weight is 325 g/mol. The molecule has 0 bridgehead atoms. The molecule has 0 amide bonds. The van der Waals surface area contributed by atoms with Crippen LogP contribution in [0.1, 0.15) is 37.3 Å². The fourth-order valence-electron chi connectivity index (χ4n) is 3.90. The zero-order chi connectivity index (χ0) is 16.6. The van der Waals surface area contributed by atoms with Crippen molar-refractivity contribution in [1.29, 1.82) is 0 Å². The molecule has 3 rings (SSSR count). The van der Waals surface area contributed by atoms with Crippen LogP contribution >= 0.6 is 0 Å². The highest BCUT2D eigenvalue weighted by molar-refractivity contribution is 5.14. The Labute approximate surface area is 146 Å². The third kappa shape index (κ3) is 5.47. The van der Waals surface area contributed by atoms with Crippen LogP contribution in [-0.4, -0.2) is 25.2 Å². The Morgan fingerprint density at radius 1 is 0.917 bits per heavy atom. The van der Waals surface area contributed by atoms with Gasteiger partial charge < -0.3 is 10.2 Å². The number of hydrogen-bond acceptors (Lipinski definition) is 0. The van der Waals surface area contributed by atoms with E-state index < -0.39 is 0 Å². The Morgan fingerprint density at radius 3 is 2.12 bits per heavy atom. The lowest BCUT2D eigenvalue weighted by Crippen LogP contribution is -3.14. The highest BCUT2D eigenvalue weighted by Gasteiger charge is 2.25. The molecular formula is C22H32N2+2. The lowest BCUT2D eigenvalue weighted by Gasteiger charge is -2.29. The second-order valence-corrected chi connectivity index (χ2v) is 7.44. The van der Waals surface area contributed by atoms with E-state index in [0.29, 0.717) is 0 Å². The van der Waals surface area contributed by atoms with Crippen LogP contribution in [0.3, 0.4) is 0 Å². The van der Waals surface area contributed by atoms with Gasteiger partial charge in [0.2, 0.25) is 0 Å². The number of rotatable bonds is 7. The minimum Gasteiger partial charge on any atom is -0.341 e. The third-order valence-electron chi connectivity index (χ3n) is 5.37. The van der Waals surface area contributed by atoms with Crippen molar-refractivity contribution in [2.45, 2.75) is 51.2 Å². The Balaban J connectivity index is 1.36. The number of piperidine rings is 1. The second-order valence-electron chi connectivity index (χ2n) is 7.44. The highest BCUT2D eigenvalue weighted by atomic mass is 15.1. The van der Waals surface area contributed by atoms with Gasteiger partial charge in [-0.25, -0.2) is 0 Å². The van der Waals surface area contributed by atoms with Crippen LogP contribution in [0, 0.1) is 0 Å². The van der Waals surface area contributed by atoms with Crippen molar-refractivity contribution in [2.75, 3.05) is 13.1 Å². The number of nitrogens with two attached hydrogens (primary N) is 1. The Bertz CT molecular complexity index is 573. The standard InChI is InChI=1S/C22H30N2/c1-19(12-13-20-8-4-2-5-9-20)23-22-14-16-24(17-15-22)18-21-10-6-3-7-11-21/h2-11,19,22-23H,12-18H2,1H3/p+2/t19-/m1/s1. The van der Waals surface area contributed by atoms with Crippen LogP contribution in [-0.2, 0) is 13.0 Å². The molecule has 0 aromatic heterocycles. The molecule has 1 heterocycles. The van der Waals surface area contributed by atoms with Crippen molar-refractivity contribution >= 4 is 0 Å². The summed E-state index contributed by atoms with van der Waals surface area (Å²) in [6, 6.07) is 23.4. The van der Waals surface area contributed by atoms with Gasteiger partial charge in [-0.05, 0) is 18.9 Å². The lowest BCUT2D eigenvalue weighted by molar-refractivity contribution is -0.927. The fraction of sp³-hybridized carbons (Fsp3) is 0.455. The van der Waals surface area contributed by atoms with Crippen molar-refractivity contribution in [3.8, 4) is 0 Å². The summed E-state index contributed by atoms with van der Waals surface area (Å²) in [7, 11) is 0. The molecule has 1 fully saturated rings. The lowest BCUT2D eigenvalue weighted by atomic mass is 10.0. The number of nitrogens with one attached hydrogen (secondary N) is 1. The average Bonchev–Trinajstić information content (AvgIpc) is 2.63. The molecule has 1 atom stereocenters. The van der Waals surface area contributed by atoms with Gasteiger partial charge >= 0.3 is 0 Å². The number of aryl methyl sites for hydroxylation is 1. The molecule has 2 aromatic rings. The quantitative estimate of drug-likeness (QED) is 0.775. The first-order valence-corrected chi connectivity index (χ1v) is 9.56. The molecule has 3 N–H and O–H groups in total. The zero-order valence-corrected chi connectivity index (χ0v) is 15.0. The van der Waals surface area contributed by atoms with E-state index in [-0.39, 0.29) is 0 Å². The Hall–Kier alpha value is -1.64. The molecule has 0 aliphatic carbocycles. The second kappa shape index (κ2) is 9.00. The van der Waals surface area contributed by atoms with Gasteiger partial charge in [0.15, 0.2) is 0 Å². The molecule has 128 valence electrons. The molecule has 0 radical (unpaired) electrons. The highest BCUT2D eigenvalue weighted by Crippen LogP contribution is 2.04. The monoisotopic (exact) mass is 324 g/mol. The van der Waals surface area contributed by atoms with E-state index in [1.807, 2.05) is 0 Å². The minimum absolute atomic E-state index is 0.728. The smallest absolute Gasteiger partial charge is 0.103 e. The van der Waals surface area contributed by atoms with Crippen LogP contribution in [0.15, 0.2) is 60.7 Å². The van der Waals surface area contributed by atoms with Crippen molar-refractivity contribution in [3.05, 3.63) is 71.8 Å². The molecule has 1 saturated heterocycles. The van der Waals surface area contributed by atoms with Gasteiger partial charge in [-0.3, -0.25) is 0 Å². The van der Waals surface area contributed by atoms with Crippen molar-refractivity contribution in [3.63, 3.8) is 0 Å². The molecule has 0 unspecified atom stereocenters. The molecule has 1 aliphatic heterocycles. The van der Waals surface area contributed by atoms with Gasteiger partial charge in [0, 0.05) is 24.8 Å². The van der Waals surface area contributed by atoms with E-state index in [0.717, 1.165) is 12.1 Å². The van der Waals surface area contributed by atoms with E-state index in [2.05, 4.69) is 72.9 Å². The zero-order valence-electron chi connectivity index (χ0n) is 15.0. The predicted octanol–water partition coefficient (Wildman–Crippen LogP) is 1.82. The van der Waals surface area contributed by atoms with E-state index >= 15 is 0 Å². The van der Waals surface area contributed by atoms with Crippen LogP contribution in [0.2, 0.25) is 0 Å². The first-order chi connectivity index (χ1) is 11.8. The van der Waals surface area contributed by atoms with E-state index in [9.17, 15) is 0 Å².